The van der Waals surface area contributed by atoms with Crippen LogP contribution in [0.1, 0.15) is 12.2 Å². The van der Waals surface area contributed by atoms with Crippen molar-refractivity contribution in [1.29, 1.82) is 0 Å². The number of para-hydroxylation sites is 2. The summed E-state index contributed by atoms with van der Waals surface area (Å²) in [5.41, 5.74) is 2.58. The Labute approximate surface area is 149 Å². The van der Waals surface area contributed by atoms with Gasteiger partial charge in [0.05, 0.1) is 21.1 Å². The second-order valence-corrected chi connectivity index (χ2v) is 6.13. The molecule has 0 bridgehead atoms. The fourth-order valence-electron chi connectivity index (χ4n) is 2.33. The maximum atomic E-state index is 11.8. The van der Waals surface area contributed by atoms with Crippen LogP contribution >= 0.6 is 23.2 Å². The molecule has 0 saturated heterocycles. The number of aryl methyl sites for hydroxylation is 1. The first-order valence-electron chi connectivity index (χ1n) is 7.55. The van der Waals surface area contributed by atoms with Crippen molar-refractivity contribution in [3.05, 3.63) is 58.3 Å². The first-order chi connectivity index (χ1) is 11.6. The smallest absolute Gasteiger partial charge is 0.319 e. The summed E-state index contributed by atoms with van der Waals surface area (Å²) in [6.07, 6.45) is 1.55. The van der Waals surface area contributed by atoms with Crippen LogP contribution in [-0.2, 0) is 6.42 Å². The molecule has 3 aromatic rings. The fraction of sp³-hybridized carbons (Fsp3) is 0.176. The number of hydrogen-bond donors (Lipinski definition) is 3. The predicted molar refractivity (Wildman–Crippen MR) is 97.9 cm³/mol. The zero-order valence-electron chi connectivity index (χ0n) is 12.8. The van der Waals surface area contributed by atoms with E-state index in [-0.39, 0.29) is 6.03 Å². The highest BCUT2D eigenvalue weighted by Crippen LogP contribution is 2.24. The summed E-state index contributed by atoms with van der Waals surface area (Å²) in [6, 6.07) is 12.6. The lowest BCUT2D eigenvalue weighted by atomic mass is 10.3. The van der Waals surface area contributed by atoms with E-state index in [1.165, 1.54) is 0 Å². The second kappa shape index (κ2) is 7.55. The Hall–Kier alpha value is -2.24. The number of aromatic amines is 1. The van der Waals surface area contributed by atoms with Crippen LogP contribution in [-0.4, -0.2) is 22.5 Å². The van der Waals surface area contributed by atoms with Crippen LogP contribution in [0.2, 0.25) is 10.0 Å². The average Bonchev–Trinajstić information content (AvgIpc) is 2.98. The van der Waals surface area contributed by atoms with E-state index in [0.29, 0.717) is 22.3 Å². The highest BCUT2D eigenvalue weighted by Gasteiger charge is 2.05. The number of halogens is 2. The van der Waals surface area contributed by atoms with Gasteiger partial charge in [-0.15, -0.1) is 0 Å². The minimum atomic E-state index is -0.280. The van der Waals surface area contributed by atoms with Crippen molar-refractivity contribution < 1.29 is 4.79 Å². The third-order valence-electron chi connectivity index (χ3n) is 3.49. The molecule has 3 rings (SSSR count). The van der Waals surface area contributed by atoms with E-state index in [1.807, 2.05) is 24.3 Å². The molecule has 0 aliphatic carbocycles. The van der Waals surface area contributed by atoms with Gasteiger partial charge >= 0.3 is 6.03 Å². The fourth-order valence-corrected chi connectivity index (χ4v) is 2.63. The number of fused-ring (bicyclic) bond motifs is 1. The molecule has 7 heteroatoms. The van der Waals surface area contributed by atoms with E-state index in [1.54, 1.807) is 18.2 Å². The molecule has 0 aliphatic rings. The molecule has 0 aliphatic heterocycles. The number of rotatable bonds is 5. The SMILES string of the molecule is O=C(NCCCc1nc2ccccc2[nH]1)Nc1ccc(Cl)c(Cl)c1. The molecule has 0 atom stereocenters. The van der Waals surface area contributed by atoms with E-state index < -0.39 is 0 Å². The zero-order chi connectivity index (χ0) is 16.9. The lowest BCUT2D eigenvalue weighted by Gasteiger charge is -2.08. The van der Waals surface area contributed by atoms with Crippen molar-refractivity contribution in [3.8, 4) is 0 Å². The van der Waals surface area contributed by atoms with Gasteiger partial charge in [-0.3, -0.25) is 0 Å². The summed E-state index contributed by atoms with van der Waals surface area (Å²) >= 11 is 11.7. The number of amides is 2. The van der Waals surface area contributed by atoms with E-state index in [9.17, 15) is 4.79 Å². The number of aromatic nitrogens is 2. The summed E-state index contributed by atoms with van der Waals surface area (Å²) in [4.78, 5) is 19.6. The summed E-state index contributed by atoms with van der Waals surface area (Å²) in [5.74, 6) is 0.919. The second-order valence-electron chi connectivity index (χ2n) is 5.31. The molecule has 5 nitrogen and oxygen atoms in total. The minimum Gasteiger partial charge on any atom is -0.342 e. The molecular weight excluding hydrogens is 347 g/mol. The summed E-state index contributed by atoms with van der Waals surface area (Å²) in [6.45, 7) is 0.546. The lowest BCUT2D eigenvalue weighted by molar-refractivity contribution is 0.252. The van der Waals surface area contributed by atoms with Crippen LogP contribution in [0.5, 0.6) is 0 Å². The van der Waals surface area contributed by atoms with Crippen molar-refractivity contribution in [2.45, 2.75) is 12.8 Å². The predicted octanol–water partition coefficient (Wildman–Crippen LogP) is 4.62. The van der Waals surface area contributed by atoms with Crippen LogP contribution in [0.4, 0.5) is 10.5 Å². The summed E-state index contributed by atoms with van der Waals surface area (Å²) in [5, 5.41) is 6.37. The van der Waals surface area contributed by atoms with Crippen LogP contribution in [0.15, 0.2) is 42.5 Å². The molecule has 24 heavy (non-hydrogen) atoms. The van der Waals surface area contributed by atoms with E-state index in [0.717, 1.165) is 29.7 Å². The van der Waals surface area contributed by atoms with Crippen molar-refractivity contribution in [2.75, 3.05) is 11.9 Å². The number of nitrogens with zero attached hydrogens (tertiary/aromatic N) is 1. The average molecular weight is 363 g/mol. The number of carbonyl (C=O) groups is 1. The first-order valence-corrected chi connectivity index (χ1v) is 8.31. The molecule has 0 saturated carbocycles. The normalized spacial score (nSPS) is 10.8. The maximum absolute atomic E-state index is 11.8. The highest BCUT2D eigenvalue weighted by molar-refractivity contribution is 6.42. The molecule has 2 aromatic carbocycles. The molecule has 2 amide bonds. The van der Waals surface area contributed by atoms with Gasteiger partial charge < -0.3 is 15.6 Å². The van der Waals surface area contributed by atoms with Gasteiger partial charge in [0.25, 0.3) is 0 Å². The Morgan fingerprint density at radius 1 is 1.12 bits per heavy atom. The van der Waals surface area contributed by atoms with Gasteiger partial charge in [-0.2, -0.15) is 0 Å². The van der Waals surface area contributed by atoms with Gasteiger partial charge in [0.15, 0.2) is 0 Å². The Morgan fingerprint density at radius 3 is 2.75 bits per heavy atom. The molecule has 0 radical (unpaired) electrons. The number of urea groups is 1. The molecule has 3 N–H and O–H groups in total. The molecule has 0 fully saturated rings. The van der Waals surface area contributed by atoms with Crippen LogP contribution in [0.3, 0.4) is 0 Å². The quantitative estimate of drug-likeness (QED) is 0.579. The van der Waals surface area contributed by atoms with Crippen LogP contribution < -0.4 is 10.6 Å². The maximum Gasteiger partial charge on any atom is 0.319 e. The highest BCUT2D eigenvalue weighted by atomic mass is 35.5. The zero-order valence-corrected chi connectivity index (χ0v) is 14.3. The number of carbonyl (C=O) groups excluding carboxylic acids is 1. The monoisotopic (exact) mass is 362 g/mol. The van der Waals surface area contributed by atoms with Crippen molar-refractivity contribution >= 4 is 46.0 Å². The molecule has 0 spiro atoms. The Kier molecular flexibility index (Phi) is 5.23. The molecule has 0 unspecified atom stereocenters. The summed E-state index contributed by atoms with van der Waals surface area (Å²) in [7, 11) is 0. The molecule has 1 heterocycles. The van der Waals surface area contributed by atoms with Gasteiger partial charge in [-0.05, 0) is 36.8 Å². The Balaban J connectivity index is 1.44. The van der Waals surface area contributed by atoms with E-state index >= 15 is 0 Å². The van der Waals surface area contributed by atoms with Gasteiger partial charge in [0.2, 0.25) is 0 Å². The van der Waals surface area contributed by atoms with Gasteiger partial charge in [0, 0.05) is 18.7 Å². The minimum absolute atomic E-state index is 0.280. The Morgan fingerprint density at radius 2 is 1.96 bits per heavy atom. The third kappa shape index (κ3) is 4.19. The standard InChI is InChI=1S/C17H16Cl2N4O/c18-12-8-7-11(10-13(12)19)21-17(24)20-9-3-6-16-22-14-4-1-2-5-15(14)23-16/h1-2,4-5,7-8,10H,3,6,9H2,(H,22,23)(H2,20,21,24). The number of nitrogens with one attached hydrogen (secondary N) is 3. The van der Waals surface area contributed by atoms with E-state index in [4.69, 9.17) is 23.2 Å². The van der Waals surface area contributed by atoms with Crippen molar-refractivity contribution in [1.82, 2.24) is 15.3 Å². The van der Waals surface area contributed by atoms with Gasteiger partial charge in [0.1, 0.15) is 5.82 Å². The summed E-state index contributed by atoms with van der Waals surface area (Å²) < 4.78 is 0. The lowest BCUT2D eigenvalue weighted by Crippen LogP contribution is -2.29. The molecule has 124 valence electrons. The molecule has 1 aromatic heterocycles. The number of anilines is 1. The Bertz CT molecular complexity index is 830. The van der Waals surface area contributed by atoms with Crippen LogP contribution in [0, 0.1) is 0 Å². The number of hydrogen-bond acceptors (Lipinski definition) is 2. The number of benzene rings is 2. The number of H-pyrrole nitrogens is 1. The topological polar surface area (TPSA) is 69.8 Å². The largest absolute Gasteiger partial charge is 0.342 e. The number of imidazole rings is 1. The van der Waals surface area contributed by atoms with Crippen molar-refractivity contribution in [3.63, 3.8) is 0 Å². The third-order valence-corrected chi connectivity index (χ3v) is 4.23. The van der Waals surface area contributed by atoms with Gasteiger partial charge in [-0.1, -0.05) is 35.3 Å². The molecular formula is C17H16Cl2N4O. The first kappa shape index (κ1) is 16.6. The van der Waals surface area contributed by atoms with Gasteiger partial charge in [-0.25, -0.2) is 9.78 Å². The van der Waals surface area contributed by atoms with E-state index in [2.05, 4.69) is 20.6 Å². The van der Waals surface area contributed by atoms with Crippen molar-refractivity contribution in [2.24, 2.45) is 0 Å². The van der Waals surface area contributed by atoms with Crippen LogP contribution in [0.25, 0.3) is 11.0 Å².